The minimum absolute atomic E-state index is 0.0498. The number of phenols is 1. The zero-order chi connectivity index (χ0) is 16.9. The van der Waals surface area contributed by atoms with Crippen LogP contribution in [0.25, 0.3) is 0 Å². The fraction of sp³-hybridized carbons (Fsp3) is 0.412. The Kier molecular flexibility index (Phi) is 3.64. The van der Waals surface area contributed by atoms with Gasteiger partial charge in [-0.05, 0) is 13.8 Å². The average molecular weight is 318 g/mol. The van der Waals surface area contributed by atoms with Gasteiger partial charge in [0.05, 0.1) is 37.6 Å². The zero-order valence-corrected chi connectivity index (χ0v) is 13.4. The number of ketones is 2. The lowest BCUT2D eigenvalue weighted by Gasteiger charge is -2.33. The Morgan fingerprint density at radius 1 is 1.09 bits per heavy atom. The molecule has 0 spiro atoms. The largest absolute Gasteiger partial charge is 0.504 e. The van der Waals surface area contributed by atoms with Gasteiger partial charge < -0.3 is 19.3 Å². The van der Waals surface area contributed by atoms with Crippen LogP contribution in [0.1, 0.15) is 41.0 Å². The molecule has 0 unspecified atom stereocenters. The van der Waals surface area contributed by atoms with Crippen LogP contribution < -0.4 is 9.47 Å². The third kappa shape index (κ3) is 2.13. The number of methoxy groups -OCH3 is 2. The number of Topliss-reactive ketones (excluding diaryl/α,β-unsaturated/α-hetero) is 2. The molecule has 2 atom stereocenters. The molecule has 3 rings (SSSR count). The van der Waals surface area contributed by atoms with E-state index in [-0.39, 0.29) is 46.0 Å². The summed E-state index contributed by atoms with van der Waals surface area (Å²) in [5.41, 5.74) is 0.772. The van der Waals surface area contributed by atoms with E-state index in [0.717, 1.165) is 0 Å². The van der Waals surface area contributed by atoms with Crippen LogP contribution in [0.15, 0.2) is 17.2 Å². The number of rotatable bonds is 2. The molecular formula is C17H18O6. The summed E-state index contributed by atoms with van der Waals surface area (Å²) in [5.74, 6) is -0.751. The fourth-order valence-corrected chi connectivity index (χ4v) is 3.32. The Balaban J connectivity index is 2.30. The lowest BCUT2D eigenvalue weighted by molar-refractivity contribution is 0.0148. The Bertz CT molecular complexity index is 746. The number of hydrogen-bond acceptors (Lipinski definition) is 6. The third-order valence-corrected chi connectivity index (χ3v) is 4.30. The van der Waals surface area contributed by atoms with E-state index in [1.807, 2.05) is 6.92 Å². The van der Waals surface area contributed by atoms with Crippen LogP contribution in [0.3, 0.4) is 0 Å². The summed E-state index contributed by atoms with van der Waals surface area (Å²) in [5, 5.41) is 10.4. The van der Waals surface area contributed by atoms with E-state index in [1.54, 1.807) is 6.92 Å². The molecule has 0 amide bonds. The molecule has 122 valence electrons. The maximum absolute atomic E-state index is 12.9. The second-order valence-corrected chi connectivity index (χ2v) is 5.72. The third-order valence-electron chi connectivity index (χ3n) is 4.30. The van der Waals surface area contributed by atoms with E-state index in [1.165, 1.54) is 20.3 Å². The quantitative estimate of drug-likeness (QED) is 0.901. The normalized spacial score (nSPS) is 23.5. The van der Waals surface area contributed by atoms with Crippen molar-refractivity contribution in [2.45, 2.75) is 32.5 Å². The molecule has 0 bridgehead atoms. The van der Waals surface area contributed by atoms with E-state index >= 15 is 0 Å². The number of carbonyl (C=O) groups is 2. The molecular weight excluding hydrogens is 300 g/mol. The molecule has 1 N–H and O–H groups in total. The lowest BCUT2D eigenvalue weighted by Crippen LogP contribution is -2.36. The molecule has 23 heavy (non-hydrogen) atoms. The van der Waals surface area contributed by atoms with E-state index in [4.69, 9.17) is 14.2 Å². The monoisotopic (exact) mass is 318 g/mol. The van der Waals surface area contributed by atoms with E-state index in [9.17, 15) is 14.7 Å². The highest BCUT2D eigenvalue weighted by molar-refractivity contribution is 6.29. The van der Waals surface area contributed by atoms with Crippen molar-refractivity contribution in [1.29, 1.82) is 0 Å². The molecule has 0 aromatic heterocycles. The number of ether oxygens (including phenoxy) is 3. The first-order chi connectivity index (χ1) is 10.9. The van der Waals surface area contributed by atoms with Gasteiger partial charge in [0.2, 0.25) is 0 Å². The van der Waals surface area contributed by atoms with Crippen LogP contribution in [-0.4, -0.2) is 43.1 Å². The van der Waals surface area contributed by atoms with Crippen LogP contribution in [0.4, 0.5) is 0 Å². The molecule has 1 aromatic carbocycles. The van der Waals surface area contributed by atoms with Crippen LogP contribution in [0.2, 0.25) is 0 Å². The summed E-state index contributed by atoms with van der Waals surface area (Å²) in [6.07, 6.45) is -0.313. The van der Waals surface area contributed by atoms with Gasteiger partial charge in [-0.1, -0.05) is 0 Å². The van der Waals surface area contributed by atoms with Gasteiger partial charge >= 0.3 is 0 Å². The van der Waals surface area contributed by atoms with Crippen molar-refractivity contribution >= 4 is 11.6 Å². The Labute approximate surface area is 133 Å². The highest BCUT2D eigenvalue weighted by Gasteiger charge is 2.42. The van der Waals surface area contributed by atoms with Crippen LogP contribution in [-0.2, 0) is 4.74 Å². The van der Waals surface area contributed by atoms with Crippen molar-refractivity contribution < 1.29 is 28.9 Å². The van der Waals surface area contributed by atoms with Crippen molar-refractivity contribution in [2.24, 2.45) is 0 Å². The minimum Gasteiger partial charge on any atom is -0.504 e. The van der Waals surface area contributed by atoms with Crippen molar-refractivity contribution in [3.05, 3.63) is 28.3 Å². The number of benzene rings is 1. The van der Waals surface area contributed by atoms with Gasteiger partial charge in [-0.15, -0.1) is 0 Å². The Morgan fingerprint density at radius 2 is 1.74 bits per heavy atom. The Morgan fingerprint density at radius 3 is 2.35 bits per heavy atom. The van der Waals surface area contributed by atoms with E-state index in [0.29, 0.717) is 17.6 Å². The number of carbonyl (C=O) groups excluding carboxylic acids is 2. The molecule has 0 saturated heterocycles. The van der Waals surface area contributed by atoms with Crippen LogP contribution >= 0.6 is 0 Å². The molecule has 6 nitrogen and oxygen atoms in total. The first-order valence-electron chi connectivity index (χ1n) is 7.36. The molecule has 1 heterocycles. The second-order valence-electron chi connectivity index (χ2n) is 5.72. The molecule has 1 aromatic rings. The zero-order valence-electron chi connectivity index (χ0n) is 13.4. The number of aromatic hydroxyl groups is 1. The van der Waals surface area contributed by atoms with Gasteiger partial charge in [-0.2, -0.15) is 0 Å². The van der Waals surface area contributed by atoms with Crippen molar-refractivity contribution in [3.63, 3.8) is 0 Å². The summed E-state index contributed by atoms with van der Waals surface area (Å²) in [4.78, 5) is 25.8. The van der Waals surface area contributed by atoms with Gasteiger partial charge in [-0.25, -0.2) is 0 Å². The topological polar surface area (TPSA) is 82.1 Å². The molecule has 1 aliphatic heterocycles. The average Bonchev–Trinajstić information content (AvgIpc) is 2.51. The van der Waals surface area contributed by atoms with Gasteiger partial charge in [0.1, 0.15) is 5.75 Å². The van der Waals surface area contributed by atoms with E-state index in [2.05, 4.69) is 0 Å². The first kappa shape index (κ1) is 15.6. The Hall–Kier alpha value is -2.34. The number of phenolic OH excluding ortho intramolecular Hbond substituents is 1. The summed E-state index contributed by atoms with van der Waals surface area (Å²) >= 11 is 0. The van der Waals surface area contributed by atoms with Gasteiger partial charge in [0.25, 0.3) is 0 Å². The van der Waals surface area contributed by atoms with Gasteiger partial charge in [0, 0.05) is 23.6 Å². The summed E-state index contributed by atoms with van der Waals surface area (Å²) < 4.78 is 16.0. The van der Waals surface area contributed by atoms with E-state index < -0.39 is 6.10 Å². The maximum Gasteiger partial charge on any atom is 0.196 e. The number of fused-ring (bicyclic) bond motifs is 1. The van der Waals surface area contributed by atoms with Crippen LogP contribution in [0, 0.1) is 0 Å². The summed E-state index contributed by atoms with van der Waals surface area (Å²) in [6, 6.07) is 1.40. The summed E-state index contributed by atoms with van der Waals surface area (Å²) in [7, 11) is 2.77. The molecule has 0 fully saturated rings. The van der Waals surface area contributed by atoms with Crippen molar-refractivity contribution in [3.8, 4) is 17.2 Å². The van der Waals surface area contributed by atoms with Crippen LogP contribution in [0.5, 0.6) is 17.2 Å². The highest BCUT2D eigenvalue weighted by atomic mass is 16.5. The smallest absolute Gasteiger partial charge is 0.196 e. The molecule has 2 aliphatic rings. The molecule has 0 saturated carbocycles. The van der Waals surface area contributed by atoms with Crippen molar-refractivity contribution in [1.82, 2.24) is 0 Å². The van der Waals surface area contributed by atoms with Gasteiger partial charge in [-0.3, -0.25) is 9.59 Å². The lowest BCUT2D eigenvalue weighted by atomic mass is 9.78. The minimum atomic E-state index is -0.479. The first-order valence-corrected chi connectivity index (χ1v) is 7.36. The molecule has 0 radical (unpaired) electrons. The fourth-order valence-electron chi connectivity index (χ4n) is 3.32. The standard InChI is InChI=1S/C17H18O6/c1-7-5-9-12(8(2)23-7)17(20)13-10(21-3)6-11(22-4)16(19)14(13)15(9)18/h6-8,19H,5H2,1-4H3/t7-,8+/m0/s1. The van der Waals surface area contributed by atoms with Crippen molar-refractivity contribution in [2.75, 3.05) is 14.2 Å². The molecule has 1 aliphatic carbocycles. The molecule has 6 heteroatoms. The maximum atomic E-state index is 12.9. The predicted octanol–water partition coefficient (Wildman–Crippen LogP) is 2.28. The van der Waals surface area contributed by atoms with Gasteiger partial charge in [0.15, 0.2) is 23.1 Å². The number of hydrogen-bond donors (Lipinski definition) is 1. The highest BCUT2D eigenvalue weighted by Crippen LogP contribution is 2.46. The second kappa shape index (κ2) is 5.38. The predicted molar refractivity (Wildman–Crippen MR) is 81.5 cm³/mol. The SMILES string of the molecule is COc1cc(OC)c2c(c1O)C(=O)C1=C(C2=O)[C@@H](C)O[C@@H](C)C1. The summed E-state index contributed by atoms with van der Waals surface area (Å²) in [6.45, 7) is 3.59.